The van der Waals surface area contributed by atoms with Crippen molar-refractivity contribution in [1.29, 1.82) is 0 Å². The van der Waals surface area contributed by atoms with E-state index in [0.29, 0.717) is 6.54 Å². The highest BCUT2D eigenvalue weighted by Crippen LogP contribution is 2.24. The van der Waals surface area contributed by atoms with Crippen LogP contribution in [0.15, 0.2) is 72.8 Å². The van der Waals surface area contributed by atoms with Crippen LogP contribution in [0.25, 0.3) is 0 Å². The van der Waals surface area contributed by atoms with Gasteiger partial charge in [-0.2, -0.15) is 0 Å². The molecule has 1 aliphatic heterocycles. The molecule has 0 radical (unpaired) electrons. The van der Waals surface area contributed by atoms with E-state index >= 15 is 0 Å². The Kier molecular flexibility index (Phi) is 7.60. The highest BCUT2D eigenvalue weighted by molar-refractivity contribution is 5.93. The van der Waals surface area contributed by atoms with E-state index in [2.05, 4.69) is 21.6 Å². The molecule has 176 valence electrons. The third-order valence-corrected chi connectivity index (χ3v) is 6.08. The first kappa shape index (κ1) is 23.5. The Labute approximate surface area is 200 Å². The Bertz CT molecular complexity index is 1120. The lowest BCUT2D eigenvalue weighted by Crippen LogP contribution is -2.41. The van der Waals surface area contributed by atoms with Crippen LogP contribution in [0.2, 0.25) is 0 Å². The number of nitrogens with one attached hydrogen (secondary N) is 2. The zero-order valence-electron chi connectivity index (χ0n) is 19.7. The number of hydrogen-bond donors (Lipinski definition) is 2. The number of para-hydroxylation sites is 1. The minimum atomic E-state index is -0.0566. The fourth-order valence-electron chi connectivity index (χ4n) is 4.18. The molecule has 3 aromatic carbocycles. The van der Waals surface area contributed by atoms with Crippen molar-refractivity contribution in [2.45, 2.75) is 26.7 Å². The SMILES string of the molecule is Cc1ccc(NC(=O)CN2CCC(C(=O)Nc3ccc(Oc4ccccc4)cc3)CC2)c(C)c1. The molecule has 2 amide bonds. The zero-order chi connectivity index (χ0) is 23.9. The minimum Gasteiger partial charge on any atom is -0.457 e. The van der Waals surface area contributed by atoms with Crippen molar-refractivity contribution in [2.75, 3.05) is 30.3 Å². The lowest BCUT2D eigenvalue weighted by molar-refractivity contribution is -0.121. The van der Waals surface area contributed by atoms with Gasteiger partial charge in [0.25, 0.3) is 0 Å². The summed E-state index contributed by atoms with van der Waals surface area (Å²) in [4.78, 5) is 27.3. The molecule has 0 aliphatic carbocycles. The van der Waals surface area contributed by atoms with Crippen LogP contribution in [0.5, 0.6) is 11.5 Å². The Hall–Kier alpha value is -3.64. The van der Waals surface area contributed by atoms with E-state index in [9.17, 15) is 9.59 Å². The summed E-state index contributed by atoms with van der Waals surface area (Å²) in [7, 11) is 0. The normalized spacial score (nSPS) is 14.4. The molecule has 3 aromatic rings. The summed E-state index contributed by atoms with van der Waals surface area (Å²) in [5, 5.41) is 6.01. The summed E-state index contributed by atoms with van der Waals surface area (Å²) < 4.78 is 5.80. The van der Waals surface area contributed by atoms with Crippen LogP contribution in [0.4, 0.5) is 11.4 Å². The van der Waals surface area contributed by atoms with Gasteiger partial charge in [0.15, 0.2) is 0 Å². The Morgan fingerprint density at radius 2 is 1.56 bits per heavy atom. The second kappa shape index (κ2) is 11.0. The number of hydrogen-bond acceptors (Lipinski definition) is 4. The number of aryl methyl sites for hydroxylation is 2. The van der Waals surface area contributed by atoms with Crippen molar-refractivity contribution in [3.8, 4) is 11.5 Å². The number of likely N-dealkylation sites (tertiary alicyclic amines) is 1. The van der Waals surface area contributed by atoms with Crippen LogP contribution in [-0.4, -0.2) is 36.3 Å². The molecule has 6 nitrogen and oxygen atoms in total. The van der Waals surface area contributed by atoms with Crippen molar-refractivity contribution in [3.63, 3.8) is 0 Å². The van der Waals surface area contributed by atoms with E-state index in [-0.39, 0.29) is 17.7 Å². The highest BCUT2D eigenvalue weighted by Gasteiger charge is 2.26. The number of nitrogens with zero attached hydrogens (tertiary/aromatic N) is 1. The predicted molar refractivity (Wildman–Crippen MR) is 135 cm³/mol. The maximum atomic E-state index is 12.7. The minimum absolute atomic E-state index is 0.0207. The Morgan fingerprint density at radius 3 is 2.24 bits per heavy atom. The quantitative estimate of drug-likeness (QED) is 0.499. The zero-order valence-corrected chi connectivity index (χ0v) is 19.7. The molecule has 1 saturated heterocycles. The van der Waals surface area contributed by atoms with Crippen molar-refractivity contribution in [2.24, 2.45) is 5.92 Å². The molecule has 0 atom stereocenters. The Balaban J connectivity index is 1.21. The van der Waals surface area contributed by atoms with Gasteiger partial charge in [-0.3, -0.25) is 14.5 Å². The molecule has 2 N–H and O–H groups in total. The number of rotatable bonds is 7. The second-order valence-electron chi connectivity index (χ2n) is 8.85. The molecule has 1 fully saturated rings. The summed E-state index contributed by atoms with van der Waals surface area (Å²) in [6.45, 7) is 5.82. The number of benzene rings is 3. The van der Waals surface area contributed by atoms with Crippen molar-refractivity contribution in [1.82, 2.24) is 4.90 Å². The van der Waals surface area contributed by atoms with Gasteiger partial charge in [-0.15, -0.1) is 0 Å². The average molecular weight is 458 g/mol. The van der Waals surface area contributed by atoms with E-state index in [4.69, 9.17) is 4.74 Å². The third kappa shape index (κ3) is 6.45. The standard InChI is InChI=1S/C28H31N3O3/c1-20-8-13-26(21(2)18-20)30-27(32)19-31-16-14-22(15-17-31)28(33)29-23-9-11-25(12-10-23)34-24-6-4-3-5-7-24/h3-13,18,22H,14-17,19H2,1-2H3,(H,29,33)(H,30,32). The molecule has 4 rings (SSSR count). The number of carbonyl (C=O) groups is 2. The van der Waals surface area contributed by atoms with Gasteiger partial charge in [-0.05, 0) is 87.8 Å². The molecular weight excluding hydrogens is 426 g/mol. The van der Waals surface area contributed by atoms with Crippen molar-refractivity contribution < 1.29 is 14.3 Å². The Morgan fingerprint density at radius 1 is 0.882 bits per heavy atom. The van der Waals surface area contributed by atoms with Gasteiger partial charge in [-0.1, -0.05) is 35.9 Å². The maximum absolute atomic E-state index is 12.7. The van der Waals surface area contributed by atoms with Gasteiger partial charge in [0.1, 0.15) is 11.5 Å². The van der Waals surface area contributed by atoms with E-state index in [1.54, 1.807) is 0 Å². The number of amides is 2. The number of piperidine rings is 1. The number of carbonyl (C=O) groups excluding carboxylic acids is 2. The van der Waals surface area contributed by atoms with Gasteiger partial charge in [0, 0.05) is 17.3 Å². The van der Waals surface area contributed by atoms with Gasteiger partial charge in [-0.25, -0.2) is 0 Å². The molecular formula is C28H31N3O3. The second-order valence-corrected chi connectivity index (χ2v) is 8.85. The first-order valence-corrected chi connectivity index (χ1v) is 11.7. The highest BCUT2D eigenvalue weighted by atomic mass is 16.5. The molecule has 6 heteroatoms. The molecule has 0 spiro atoms. The molecule has 0 aromatic heterocycles. The molecule has 0 unspecified atom stereocenters. The number of ether oxygens (including phenoxy) is 1. The van der Waals surface area contributed by atoms with Crippen LogP contribution < -0.4 is 15.4 Å². The molecule has 0 bridgehead atoms. The largest absolute Gasteiger partial charge is 0.457 e. The smallest absolute Gasteiger partial charge is 0.238 e. The van der Waals surface area contributed by atoms with Gasteiger partial charge >= 0.3 is 0 Å². The van der Waals surface area contributed by atoms with Crippen LogP contribution in [0, 0.1) is 19.8 Å². The monoisotopic (exact) mass is 457 g/mol. The van der Waals surface area contributed by atoms with Crippen LogP contribution in [0.3, 0.4) is 0 Å². The number of anilines is 2. The van der Waals surface area contributed by atoms with E-state index in [0.717, 1.165) is 54.4 Å². The summed E-state index contributed by atoms with van der Waals surface area (Å²) in [5.74, 6) is 1.44. The summed E-state index contributed by atoms with van der Waals surface area (Å²) in [6.07, 6.45) is 1.47. The van der Waals surface area contributed by atoms with E-state index < -0.39 is 0 Å². The van der Waals surface area contributed by atoms with Crippen molar-refractivity contribution in [3.05, 3.63) is 83.9 Å². The first-order chi connectivity index (χ1) is 16.5. The maximum Gasteiger partial charge on any atom is 0.238 e. The van der Waals surface area contributed by atoms with Crippen molar-refractivity contribution >= 4 is 23.2 Å². The summed E-state index contributed by atoms with van der Waals surface area (Å²) in [6, 6.07) is 23.0. The average Bonchev–Trinajstić information content (AvgIpc) is 2.83. The van der Waals surface area contributed by atoms with Crippen LogP contribution in [-0.2, 0) is 9.59 Å². The fraction of sp³-hybridized carbons (Fsp3) is 0.286. The van der Waals surface area contributed by atoms with Crippen LogP contribution >= 0.6 is 0 Å². The molecule has 1 heterocycles. The van der Waals surface area contributed by atoms with Gasteiger partial charge in [0.2, 0.25) is 11.8 Å². The molecule has 1 aliphatic rings. The molecule has 0 saturated carbocycles. The van der Waals surface area contributed by atoms with Gasteiger partial charge < -0.3 is 15.4 Å². The predicted octanol–water partition coefficient (Wildman–Crippen LogP) is 5.38. The lowest BCUT2D eigenvalue weighted by Gasteiger charge is -2.30. The van der Waals surface area contributed by atoms with E-state index in [1.807, 2.05) is 80.6 Å². The topological polar surface area (TPSA) is 70.7 Å². The third-order valence-electron chi connectivity index (χ3n) is 6.08. The molecule has 34 heavy (non-hydrogen) atoms. The van der Waals surface area contributed by atoms with Gasteiger partial charge in [0.05, 0.1) is 6.54 Å². The lowest BCUT2D eigenvalue weighted by atomic mass is 9.95. The summed E-state index contributed by atoms with van der Waals surface area (Å²) >= 11 is 0. The van der Waals surface area contributed by atoms with E-state index in [1.165, 1.54) is 5.56 Å². The first-order valence-electron chi connectivity index (χ1n) is 11.7. The fourth-order valence-corrected chi connectivity index (χ4v) is 4.18. The van der Waals surface area contributed by atoms with Crippen LogP contribution in [0.1, 0.15) is 24.0 Å². The summed E-state index contributed by atoms with van der Waals surface area (Å²) in [5.41, 5.74) is 3.83.